The van der Waals surface area contributed by atoms with Crippen molar-refractivity contribution in [2.75, 3.05) is 13.3 Å². The lowest BCUT2D eigenvalue weighted by Gasteiger charge is -2.06. The summed E-state index contributed by atoms with van der Waals surface area (Å²) in [5, 5.41) is 0. The lowest BCUT2D eigenvalue weighted by molar-refractivity contribution is 0.174. The van der Waals surface area contributed by atoms with Gasteiger partial charge >= 0.3 is 0 Å². The Morgan fingerprint density at radius 1 is 1.35 bits per heavy atom. The van der Waals surface area contributed by atoms with Gasteiger partial charge in [0.25, 0.3) is 0 Å². The summed E-state index contributed by atoms with van der Waals surface area (Å²) >= 11 is 3.61. The lowest BCUT2D eigenvalue weighted by Crippen LogP contribution is -2.07. The molecule has 1 aromatic heterocycles. The van der Waals surface area contributed by atoms with Crippen LogP contribution in [0.1, 0.15) is 11.4 Å². The highest BCUT2D eigenvalue weighted by Gasteiger charge is 2.20. The van der Waals surface area contributed by atoms with Crippen LogP contribution in [0.3, 0.4) is 0 Å². The number of nitrogens with two attached hydrogens (primary N) is 1. The largest absolute Gasteiger partial charge is 0.454 e. The van der Waals surface area contributed by atoms with Gasteiger partial charge in [-0.3, -0.25) is 0 Å². The molecule has 5 nitrogen and oxygen atoms in total. The first-order valence-electron chi connectivity index (χ1n) is 6.43. The van der Waals surface area contributed by atoms with Crippen LogP contribution in [0.4, 0.5) is 0 Å². The zero-order chi connectivity index (χ0) is 14.3. The Labute approximate surface area is 125 Å². The van der Waals surface area contributed by atoms with Gasteiger partial charge in [-0.25, -0.2) is 4.98 Å². The third-order valence-electron chi connectivity index (χ3n) is 3.46. The van der Waals surface area contributed by atoms with Gasteiger partial charge in [0.15, 0.2) is 11.5 Å². The van der Waals surface area contributed by atoms with Gasteiger partial charge in [-0.1, -0.05) is 0 Å². The van der Waals surface area contributed by atoms with E-state index in [1.54, 1.807) is 0 Å². The number of hydrogen-bond donors (Lipinski definition) is 1. The standard InChI is InChI=1S/C14H16BrN3O2/c1-8-5-10-11(20-7-19-10)6-9(8)13-14(15)18(2)12(17-13)3-4-16/h5-6H,3-4,7,16H2,1-2H3. The Balaban J connectivity index is 2.11. The molecule has 2 aromatic rings. The smallest absolute Gasteiger partial charge is 0.231 e. The van der Waals surface area contributed by atoms with Crippen molar-refractivity contribution in [3.8, 4) is 22.8 Å². The highest BCUT2D eigenvalue weighted by atomic mass is 79.9. The fourth-order valence-electron chi connectivity index (χ4n) is 2.35. The van der Waals surface area contributed by atoms with Crippen molar-refractivity contribution >= 4 is 15.9 Å². The average Bonchev–Trinajstić information content (AvgIpc) is 2.97. The zero-order valence-electron chi connectivity index (χ0n) is 11.4. The first kappa shape index (κ1) is 13.5. The second-order valence-corrected chi connectivity index (χ2v) is 5.54. The van der Waals surface area contributed by atoms with Crippen molar-refractivity contribution in [3.63, 3.8) is 0 Å². The zero-order valence-corrected chi connectivity index (χ0v) is 13.0. The summed E-state index contributed by atoms with van der Waals surface area (Å²) in [5.74, 6) is 2.52. The van der Waals surface area contributed by atoms with Gasteiger partial charge in [-0.2, -0.15) is 0 Å². The van der Waals surface area contributed by atoms with Crippen LogP contribution in [0.2, 0.25) is 0 Å². The molecule has 0 unspecified atom stereocenters. The topological polar surface area (TPSA) is 62.3 Å². The molecule has 0 radical (unpaired) electrons. The molecule has 1 aliphatic rings. The van der Waals surface area contributed by atoms with Crippen LogP contribution >= 0.6 is 15.9 Å². The van der Waals surface area contributed by atoms with Crippen molar-refractivity contribution in [1.82, 2.24) is 9.55 Å². The predicted molar refractivity (Wildman–Crippen MR) is 80.0 cm³/mol. The maximum absolute atomic E-state index is 5.63. The Kier molecular flexibility index (Phi) is 3.43. The molecule has 0 fully saturated rings. The number of aryl methyl sites for hydroxylation is 1. The summed E-state index contributed by atoms with van der Waals surface area (Å²) in [6.07, 6.45) is 0.749. The molecule has 0 aliphatic carbocycles. The summed E-state index contributed by atoms with van der Waals surface area (Å²) in [7, 11) is 1.98. The third-order valence-corrected chi connectivity index (χ3v) is 4.37. The van der Waals surface area contributed by atoms with E-state index >= 15 is 0 Å². The Hall–Kier alpha value is -1.53. The van der Waals surface area contributed by atoms with E-state index in [0.717, 1.165) is 45.2 Å². The van der Waals surface area contributed by atoms with Crippen LogP contribution in [-0.2, 0) is 13.5 Å². The molecular weight excluding hydrogens is 322 g/mol. The summed E-state index contributed by atoms with van der Waals surface area (Å²) in [6, 6.07) is 3.97. The quantitative estimate of drug-likeness (QED) is 0.933. The average molecular weight is 338 g/mol. The van der Waals surface area contributed by atoms with Gasteiger partial charge < -0.3 is 19.8 Å². The van der Waals surface area contributed by atoms with Crippen molar-refractivity contribution in [2.24, 2.45) is 12.8 Å². The molecule has 2 N–H and O–H groups in total. The molecule has 0 atom stereocenters. The minimum atomic E-state index is 0.278. The van der Waals surface area contributed by atoms with Gasteiger partial charge in [0.05, 0.1) is 0 Å². The SMILES string of the molecule is Cc1cc2c(cc1-c1nc(CCN)n(C)c1Br)OCO2. The Morgan fingerprint density at radius 3 is 2.75 bits per heavy atom. The summed E-state index contributed by atoms with van der Waals surface area (Å²) < 4.78 is 13.8. The van der Waals surface area contributed by atoms with E-state index in [4.69, 9.17) is 20.2 Å². The third kappa shape index (κ3) is 2.09. The number of fused-ring (bicyclic) bond motifs is 1. The molecule has 0 saturated carbocycles. The number of rotatable bonds is 3. The number of halogens is 1. The monoisotopic (exact) mass is 337 g/mol. The van der Waals surface area contributed by atoms with E-state index in [-0.39, 0.29) is 6.79 Å². The van der Waals surface area contributed by atoms with Crippen LogP contribution in [0, 0.1) is 6.92 Å². The van der Waals surface area contributed by atoms with E-state index in [2.05, 4.69) is 15.9 Å². The van der Waals surface area contributed by atoms with Gasteiger partial charge in [0, 0.05) is 19.0 Å². The van der Waals surface area contributed by atoms with Crippen LogP contribution < -0.4 is 15.2 Å². The van der Waals surface area contributed by atoms with E-state index in [1.807, 2.05) is 30.7 Å². The molecule has 0 saturated heterocycles. The van der Waals surface area contributed by atoms with Crippen molar-refractivity contribution < 1.29 is 9.47 Å². The van der Waals surface area contributed by atoms with Gasteiger partial charge in [-0.15, -0.1) is 0 Å². The molecule has 106 valence electrons. The van der Waals surface area contributed by atoms with Crippen molar-refractivity contribution in [2.45, 2.75) is 13.3 Å². The first-order chi connectivity index (χ1) is 9.61. The fraction of sp³-hybridized carbons (Fsp3) is 0.357. The van der Waals surface area contributed by atoms with Gasteiger partial charge in [0.2, 0.25) is 6.79 Å². The molecule has 2 heterocycles. The minimum Gasteiger partial charge on any atom is -0.454 e. The molecule has 0 amide bonds. The molecule has 6 heteroatoms. The number of nitrogens with zero attached hydrogens (tertiary/aromatic N) is 2. The lowest BCUT2D eigenvalue weighted by atomic mass is 10.1. The second kappa shape index (κ2) is 5.10. The van der Waals surface area contributed by atoms with Crippen LogP contribution in [0.5, 0.6) is 11.5 Å². The number of aromatic nitrogens is 2. The highest BCUT2D eigenvalue weighted by Crippen LogP contribution is 2.40. The first-order valence-corrected chi connectivity index (χ1v) is 7.23. The molecule has 0 bridgehead atoms. The molecule has 20 heavy (non-hydrogen) atoms. The fourth-order valence-corrected chi connectivity index (χ4v) is 2.85. The second-order valence-electron chi connectivity index (χ2n) is 4.79. The van der Waals surface area contributed by atoms with E-state index in [1.165, 1.54) is 0 Å². The maximum Gasteiger partial charge on any atom is 0.231 e. The molecule has 3 rings (SSSR count). The minimum absolute atomic E-state index is 0.278. The highest BCUT2D eigenvalue weighted by molar-refractivity contribution is 9.10. The normalized spacial score (nSPS) is 13.0. The van der Waals surface area contributed by atoms with Crippen LogP contribution in [0.25, 0.3) is 11.3 Å². The Morgan fingerprint density at radius 2 is 2.05 bits per heavy atom. The summed E-state index contributed by atoms with van der Waals surface area (Å²) in [6.45, 7) is 2.90. The summed E-state index contributed by atoms with van der Waals surface area (Å²) in [4.78, 5) is 4.70. The molecular formula is C14H16BrN3O2. The molecule has 1 aliphatic heterocycles. The molecule has 0 spiro atoms. The van der Waals surface area contributed by atoms with Gasteiger partial charge in [0.1, 0.15) is 16.1 Å². The van der Waals surface area contributed by atoms with Crippen molar-refractivity contribution in [3.05, 3.63) is 28.1 Å². The summed E-state index contributed by atoms with van der Waals surface area (Å²) in [5.41, 5.74) is 8.68. The predicted octanol–water partition coefficient (Wildman–Crippen LogP) is 2.39. The van der Waals surface area contributed by atoms with Crippen LogP contribution in [-0.4, -0.2) is 22.9 Å². The van der Waals surface area contributed by atoms with Crippen molar-refractivity contribution in [1.29, 1.82) is 0 Å². The van der Waals surface area contributed by atoms with E-state index < -0.39 is 0 Å². The van der Waals surface area contributed by atoms with E-state index in [0.29, 0.717) is 6.54 Å². The Bertz CT molecular complexity index is 667. The number of ether oxygens (including phenoxy) is 2. The maximum atomic E-state index is 5.63. The number of hydrogen-bond acceptors (Lipinski definition) is 4. The van der Waals surface area contributed by atoms with Crippen LogP contribution in [0.15, 0.2) is 16.7 Å². The molecule has 1 aromatic carbocycles. The van der Waals surface area contributed by atoms with E-state index in [9.17, 15) is 0 Å². The number of imidazole rings is 1. The van der Waals surface area contributed by atoms with Gasteiger partial charge in [-0.05, 0) is 47.1 Å². The number of benzene rings is 1.